The molecule has 0 bridgehead atoms. The molecule has 11 nitrogen and oxygen atoms in total. The molecule has 1 aromatic carbocycles. The molecule has 12 heteroatoms. The second kappa shape index (κ2) is 12.3. The summed E-state index contributed by atoms with van der Waals surface area (Å²) in [6, 6.07) is 8.33. The number of carbonyl (C=O) groups is 1. The number of amides is 2. The zero-order valence-electron chi connectivity index (χ0n) is 21.7. The second-order valence-electron chi connectivity index (χ2n) is 9.06. The Morgan fingerprint density at radius 2 is 1.89 bits per heavy atom. The molecule has 1 fully saturated rings. The molecule has 0 atom stereocenters. The molecule has 0 saturated heterocycles. The number of hydrogen-bond acceptors (Lipinski definition) is 9. The lowest BCUT2D eigenvalue weighted by Gasteiger charge is -2.18. The highest BCUT2D eigenvalue weighted by atomic mass is 32.2. The SMILES string of the molecule is CN=C/C=C(\C)S(=O)(=O)C1(c2cc(NCCO)nc(-c3ccc(NC(=O)NCCN(C)C)cc3)n2)CC1. The van der Waals surface area contributed by atoms with Crippen molar-refractivity contribution in [3.63, 3.8) is 0 Å². The van der Waals surface area contributed by atoms with Crippen LogP contribution in [0.2, 0.25) is 0 Å². The molecule has 0 spiro atoms. The number of sulfone groups is 1. The van der Waals surface area contributed by atoms with Crippen LogP contribution in [0.1, 0.15) is 25.5 Å². The van der Waals surface area contributed by atoms with Crippen LogP contribution < -0.4 is 16.0 Å². The summed E-state index contributed by atoms with van der Waals surface area (Å²) in [7, 11) is 1.76. The highest BCUT2D eigenvalue weighted by Gasteiger charge is 2.57. The van der Waals surface area contributed by atoms with Crippen LogP contribution in [0.5, 0.6) is 0 Å². The third-order valence-corrected chi connectivity index (χ3v) is 8.59. The number of likely N-dealkylation sites (N-methyl/N-ethyl adjacent to an activating group) is 1. The molecular weight excluding hydrogens is 494 g/mol. The maximum Gasteiger partial charge on any atom is 0.319 e. The molecular formula is C25H35N7O4S. The summed E-state index contributed by atoms with van der Waals surface area (Å²) < 4.78 is 25.8. The van der Waals surface area contributed by atoms with Gasteiger partial charge in [-0.25, -0.2) is 23.2 Å². The van der Waals surface area contributed by atoms with Crippen molar-refractivity contribution in [2.45, 2.75) is 24.5 Å². The normalized spacial score (nSPS) is 15.1. The molecule has 2 amide bonds. The van der Waals surface area contributed by atoms with Crippen LogP contribution >= 0.6 is 0 Å². The summed E-state index contributed by atoms with van der Waals surface area (Å²) in [6.07, 6.45) is 3.85. The largest absolute Gasteiger partial charge is 0.395 e. The van der Waals surface area contributed by atoms with Gasteiger partial charge < -0.3 is 26.0 Å². The molecule has 37 heavy (non-hydrogen) atoms. The van der Waals surface area contributed by atoms with E-state index in [0.717, 1.165) is 6.54 Å². The van der Waals surface area contributed by atoms with Gasteiger partial charge in [0.25, 0.3) is 0 Å². The molecule has 0 radical (unpaired) electrons. The summed E-state index contributed by atoms with van der Waals surface area (Å²) in [5, 5.41) is 17.9. The number of aromatic nitrogens is 2. The van der Waals surface area contributed by atoms with Crippen molar-refractivity contribution >= 4 is 33.6 Å². The second-order valence-corrected chi connectivity index (χ2v) is 11.5. The third kappa shape index (κ3) is 6.90. The van der Waals surface area contributed by atoms with Gasteiger partial charge in [0.15, 0.2) is 15.7 Å². The molecule has 200 valence electrons. The summed E-state index contributed by atoms with van der Waals surface area (Å²) in [4.78, 5) is 27.4. The minimum absolute atomic E-state index is 0.104. The van der Waals surface area contributed by atoms with E-state index in [2.05, 4.69) is 30.9 Å². The van der Waals surface area contributed by atoms with Gasteiger partial charge in [0.2, 0.25) is 0 Å². The molecule has 0 aliphatic heterocycles. The van der Waals surface area contributed by atoms with Gasteiger partial charge in [0.05, 0.1) is 12.3 Å². The summed E-state index contributed by atoms with van der Waals surface area (Å²) in [6.45, 7) is 2.96. The van der Waals surface area contributed by atoms with Gasteiger partial charge in [-0.2, -0.15) is 0 Å². The van der Waals surface area contributed by atoms with Crippen LogP contribution in [-0.2, 0) is 14.6 Å². The number of urea groups is 1. The predicted molar refractivity (Wildman–Crippen MR) is 147 cm³/mol. The van der Waals surface area contributed by atoms with Gasteiger partial charge in [0, 0.05) is 55.1 Å². The van der Waals surface area contributed by atoms with Crippen molar-refractivity contribution in [2.24, 2.45) is 4.99 Å². The number of anilines is 2. The van der Waals surface area contributed by atoms with E-state index < -0.39 is 14.6 Å². The van der Waals surface area contributed by atoms with Crippen LogP contribution in [0.25, 0.3) is 11.4 Å². The smallest absolute Gasteiger partial charge is 0.319 e. The maximum absolute atomic E-state index is 13.5. The van der Waals surface area contributed by atoms with E-state index >= 15 is 0 Å². The van der Waals surface area contributed by atoms with E-state index in [9.17, 15) is 18.3 Å². The van der Waals surface area contributed by atoms with Crippen molar-refractivity contribution in [2.75, 3.05) is 58.0 Å². The van der Waals surface area contributed by atoms with Crippen LogP contribution in [0.4, 0.5) is 16.3 Å². The first-order chi connectivity index (χ1) is 17.6. The average Bonchev–Trinajstić information content (AvgIpc) is 3.69. The fourth-order valence-electron chi connectivity index (χ4n) is 3.71. The fourth-order valence-corrected chi connectivity index (χ4v) is 5.58. The number of aliphatic imine (C=N–C) groups is 1. The third-order valence-electron chi connectivity index (χ3n) is 5.96. The highest BCUT2D eigenvalue weighted by Crippen LogP contribution is 2.54. The van der Waals surface area contributed by atoms with Crippen LogP contribution in [-0.4, -0.2) is 88.0 Å². The molecule has 3 rings (SSSR count). The Bertz CT molecular complexity index is 1250. The average molecular weight is 530 g/mol. The first kappa shape index (κ1) is 28.2. The number of nitrogens with one attached hydrogen (secondary N) is 3. The van der Waals surface area contributed by atoms with Crippen molar-refractivity contribution < 1.29 is 18.3 Å². The van der Waals surface area contributed by atoms with Gasteiger partial charge in [-0.15, -0.1) is 0 Å². The lowest BCUT2D eigenvalue weighted by Crippen LogP contribution is -2.34. The van der Waals surface area contributed by atoms with E-state index in [1.165, 1.54) is 12.3 Å². The first-order valence-corrected chi connectivity index (χ1v) is 13.5. The quantitative estimate of drug-likeness (QED) is 0.306. The summed E-state index contributed by atoms with van der Waals surface area (Å²) in [5.41, 5.74) is 1.66. The van der Waals surface area contributed by atoms with E-state index in [0.29, 0.717) is 48.0 Å². The Labute approximate surface area is 218 Å². The minimum Gasteiger partial charge on any atom is -0.395 e. The van der Waals surface area contributed by atoms with Crippen molar-refractivity contribution in [1.82, 2.24) is 20.2 Å². The van der Waals surface area contributed by atoms with Gasteiger partial charge >= 0.3 is 6.03 Å². The lowest BCUT2D eigenvalue weighted by molar-refractivity contribution is 0.250. The molecule has 1 aliphatic carbocycles. The Morgan fingerprint density at radius 3 is 2.49 bits per heavy atom. The molecule has 1 saturated carbocycles. The van der Waals surface area contributed by atoms with Gasteiger partial charge in [-0.1, -0.05) is 0 Å². The van der Waals surface area contributed by atoms with E-state index in [-0.39, 0.29) is 24.1 Å². The Hall–Kier alpha value is -3.35. The number of aliphatic hydroxyl groups excluding tert-OH is 1. The maximum atomic E-state index is 13.5. The molecule has 1 aliphatic rings. The van der Waals surface area contributed by atoms with E-state index in [1.807, 2.05) is 19.0 Å². The zero-order chi connectivity index (χ0) is 27.1. The van der Waals surface area contributed by atoms with Crippen molar-refractivity contribution in [1.29, 1.82) is 0 Å². The number of aliphatic hydroxyl groups is 1. The highest BCUT2D eigenvalue weighted by molar-refractivity contribution is 7.96. The molecule has 1 aromatic heterocycles. The fraction of sp³-hybridized carbons (Fsp3) is 0.440. The zero-order valence-corrected chi connectivity index (χ0v) is 22.5. The minimum atomic E-state index is -3.68. The topological polar surface area (TPSA) is 149 Å². The number of nitrogens with zero attached hydrogens (tertiary/aromatic N) is 4. The Kier molecular flexibility index (Phi) is 9.35. The number of benzene rings is 1. The predicted octanol–water partition coefficient (Wildman–Crippen LogP) is 2.24. The Morgan fingerprint density at radius 1 is 1.19 bits per heavy atom. The van der Waals surface area contributed by atoms with Gasteiger partial charge in [-0.3, -0.25) is 4.99 Å². The van der Waals surface area contributed by atoms with Crippen molar-refractivity contribution in [3.05, 3.63) is 47.0 Å². The van der Waals surface area contributed by atoms with E-state index in [1.54, 1.807) is 44.3 Å². The first-order valence-electron chi connectivity index (χ1n) is 12.0. The van der Waals surface area contributed by atoms with E-state index in [4.69, 9.17) is 0 Å². The van der Waals surface area contributed by atoms with Crippen LogP contribution in [0.3, 0.4) is 0 Å². The lowest BCUT2D eigenvalue weighted by atomic mass is 10.1. The Balaban J connectivity index is 1.89. The van der Waals surface area contributed by atoms with Crippen LogP contribution in [0, 0.1) is 0 Å². The van der Waals surface area contributed by atoms with Gasteiger partial charge in [0.1, 0.15) is 10.6 Å². The van der Waals surface area contributed by atoms with Crippen molar-refractivity contribution in [3.8, 4) is 11.4 Å². The van der Waals surface area contributed by atoms with Gasteiger partial charge in [-0.05, 0) is 64.2 Å². The number of rotatable bonds is 12. The number of hydrogen-bond donors (Lipinski definition) is 4. The monoisotopic (exact) mass is 529 g/mol. The molecule has 0 unspecified atom stereocenters. The van der Waals surface area contributed by atoms with Crippen LogP contribution in [0.15, 0.2) is 46.3 Å². The molecule has 2 aromatic rings. The molecule has 4 N–H and O–H groups in total. The summed E-state index contributed by atoms with van der Waals surface area (Å²) >= 11 is 0. The number of carbonyl (C=O) groups excluding carboxylic acids is 1. The number of allylic oxidation sites excluding steroid dienone is 2. The standard InChI is InChI=1S/C25H35N7O4S/c1-18(9-12-26-2)37(35,36)25(10-11-25)21-17-22(27-14-16-33)31-23(30-21)19-5-7-20(8-6-19)29-24(34)28-13-15-32(3)4/h5-9,12,17,33H,10-11,13-16H2,1-4H3,(H,27,30,31)(H2,28,29,34)/b18-9+,26-12?. The summed E-state index contributed by atoms with van der Waals surface area (Å²) in [5.74, 6) is 0.771. The molecule has 1 heterocycles.